The lowest BCUT2D eigenvalue weighted by molar-refractivity contribution is -0.139. The van der Waals surface area contributed by atoms with Crippen LogP contribution in [0.5, 0.6) is 5.75 Å². The van der Waals surface area contributed by atoms with Gasteiger partial charge >= 0.3 is 6.18 Å². The number of rotatable bonds is 3. The molecule has 2 N–H and O–H groups in total. The third-order valence-electron chi connectivity index (χ3n) is 1.96. The topological polar surface area (TPSA) is 35.2 Å². The first kappa shape index (κ1) is 13.2. The molecule has 0 bridgehead atoms. The van der Waals surface area contributed by atoms with Crippen molar-refractivity contribution in [2.24, 2.45) is 0 Å². The zero-order valence-corrected chi connectivity index (χ0v) is 10.2. The maximum absolute atomic E-state index is 11.9. The highest BCUT2D eigenvalue weighted by molar-refractivity contribution is 9.10. The maximum atomic E-state index is 11.9. The molecule has 0 unspecified atom stereocenters. The molecule has 1 aromatic rings. The Hall–Kier alpha value is -0.910. The molecule has 1 aromatic carbocycles. The number of nitrogens with two attached hydrogens (primary N) is 1. The van der Waals surface area contributed by atoms with Gasteiger partial charge in [-0.25, -0.2) is 0 Å². The average Bonchev–Trinajstić information content (AvgIpc) is 2.11. The fourth-order valence-electron chi connectivity index (χ4n) is 1.06. The van der Waals surface area contributed by atoms with Crippen LogP contribution in [0.2, 0.25) is 0 Å². The van der Waals surface area contributed by atoms with Gasteiger partial charge in [-0.2, -0.15) is 13.2 Å². The number of hydrogen-bond acceptors (Lipinski definition) is 2. The van der Waals surface area contributed by atoms with E-state index in [2.05, 4.69) is 15.9 Å². The number of aryl methyl sites for hydroxylation is 1. The average molecular weight is 298 g/mol. The van der Waals surface area contributed by atoms with E-state index < -0.39 is 19.2 Å². The molecule has 90 valence electrons. The van der Waals surface area contributed by atoms with E-state index in [-0.39, 0.29) is 0 Å². The normalized spacial score (nSPS) is 11.6. The van der Waals surface area contributed by atoms with Gasteiger partial charge in [0.25, 0.3) is 0 Å². The predicted octanol–water partition coefficient (Wildman–Crippen LogP) is 3.67. The van der Waals surface area contributed by atoms with Gasteiger partial charge in [-0.15, -0.1) is 0 Å². The van der Waals surface area contributed by atoms with Crippen molar-refractivity contribution in [3.8, 4) is 5.75 Å². The van der Waals surface area contributed by atoms with Crippen molar-refractivity contribution in [1.82, 2.24) is 0 Å². The number of alkyl halides is 3. The summed E-state index contributed by atoms with van der Waals surface area (Å²) in [5.74, 6) is 0.371. The summed E-state index contributed by atoms with van der Waals surface area (Å²) >= 11 is 3.18. The lowest BCUT2D eigenvalue weighted by Crippen LogP contribution is -2.13. The maximum Gasteiger partial charge on any atom is 0.392 e. The van der Waals surface area contributed by atoms with Crippen molar-refractivity contribution in [3.05, 3.63) is 22.2 Å². The molecular weight excluding hydrogens is 287 g/mol. The van der Waals surface area contributed by atoms with E-state index in [1.165, 1.54) is 0 Å². The molecule has 0 amide bonds. The Labute approximate surface area is 99.7 Å². The highest BCUT2D eigenvalue weighted by Gasteiger charge is 2.26. The van der Waals surface area contributed by atoms with Crippen molar-refractivity contribution in [3.63, 3.8) is 0 Å². The molecule has 0 radical (unpaired) electrons. The molecule has 16 heavy (non-hydrogen) atoms. The third kappa shape index (κ3) is 3.92. The van der Waals surface area contributed by atoms with E-state index in [1.54, 1.807) is 19.1 Å². The Morgan fingerprint density at radius 2 is 2.00 bits per heavy atom. The summed E-state index contributed by atoms with van der Waals surface area (Å²) < 4.78 is 41.3. The molecule has 0 aliphatic rings. The number of anilines is 1. The number of benzene rings is 1. The standard InChI is InChI=1S/C10H11BrF3NO/c1-6-4-9(7(11)5-8(6)15)16-3-2-10(12,13)14/h4-5H,2-3,15H2,1H3. The lowest BCUT2D eigenvalue weighted by atomic mass is 10.2. The second-order valence-electron chi connectivity index (χ2n) is 3.35. The molecule has 0 fully saturated rings. The molecular formula is C10H11BrF3NO. The highest BCUT2D eigenvalue weighted by Crippen LogP contribution is 2.30. The van der Waals surface area contributed by atoms with E-state index in [1.807, 2.05) is 0 Å². The molecule has 0 saturated carbocycles. The monoisotopic (exact) mass is 297 g/mol. The number of halogens is 4. The first-order valence-electron chi connectivity index (χ1n) is 4.55. The minimum absolute atomic E-state index is 0.371. The van der Waals surface area contributed by atoms with Crippen molar-refractivity contribution in [2.75, 3.05) is 12.3 Å². The number of ether oxygens (including phenoxy) is 1. The summed E-state index contributed by atoms with van der Waals surface area (Å²) in [4.78, 5) is 0. The minimum Gasteiger partial charge on any atom is -0.492 e. The van der Waals surface area contributed by atoms with Crippen LogP contribution in [0.15, 0.2) is 16.6 Å². The summed E-state index contributed by atoms with van der Waals surface area (Å²) in [6.45, 7) is 1.36. The fraction of sp³-hybridized carbons (Fsp3) is 0.400. The smallest absolute Gasteiger partial charge is 0.392 e. The Morgan fingerprint density at radius 3 is 2.56 bits per heavy atom. The predicted molar refractivity (Wildman–Crippen MR) is 59.5 cm³/mol. The van der Waals surface area contributed by atoms with Crippen LogP contribution in [-0.2, 0) is 0 Å². The van der Waals surface area contributed by atoms with Gasteiger partial charge in [-0.05, 0) is 40.5 Å². The Bertz CT molecular complexity index is 379. The van der Waals surface area contributed by atoms with Gasteiger partial charge in [0.05, 0.1) is 17.5 Å². The van der Waals surface area contributed by atoms with Crippen LogP contribution in [-0.4, -0.2) is 12.8 Å². The van der Waals surface area contributed by atoms with Crippen molar-refractivity contribution < 1.29 is 17.9 Å². The molecule has 0 saturated heterocycles. The Balaban J connectivity index is 2.64. The molecule has 0 aromatic heterocycles. The molecule has 2 nitrogen and oxygen atoms in total. The Morgan fingerprint density at radius 1 is 1.38 bits per heavy atom. The van der Waals surface area contributed by atoms with Gasteiger partial charge in [0, 0.05) is 5.69 Å². The van der Waals surface area contributed by atoms with Gasteiger partial charge in [0.15, 0.2) is 0 Å². The first-order chi connectivity index (χ1) is 7.29. The SMILES string of the molecule is Cc1cc(OCCC(F)(F)F)c(Br)cc1N. The number of nitrogen functional groups attached to an aromatic ring is 1. The summed E-state index contributed by atoms with van der Waals surface area (Å²) in [6, 6.07) is 3.22. The molecule has 0 spiro atoms. The molecule has 0 aliphatic heterocycles. The van der Waals surface area contributed by atoms with Crippen LogP contribution in [0.3, 0.4) is 0 Å². The van der Waals surface area contributed by atoms with Gasteiger partial charge in [0.1, 0.15) is 5.75 Å². The van der Waals surface area contributed by atoms with Gasteiger partial charge in [0.2, 0.25) is 0 Å². The minimum atomic E-state index is -4.20. The van der Waals surface area contributed by atoms with Crippen molar-refractivity contribution in [1.29, 1.82) is 0 Å². The summed E-state index contributed by atoms with van der Waals surface area (Å²) in [7, 11) is 0. The number of hydrogen-bond donors (Lipinski definition) is 1. The van der Waals surface area contributed by atoms with Crippen LogP contribution in [0.25, 0.3) is 0 Å². The van der Waals surface area contributed by atoms with Crippen LogP contribution >= 0.6 is 15.9 Å². The molecule has 1 rings (SSSR count). The van der Waals surface area contributed by atoms with Crippen LogP contribution in [0.4, 0.5) is 18.9 Å². The van der Waals surface area contributed by atoms with Crippen LogP contribution in [0, 0.1) is 6.92 Å². The third-order valence-corrected chi connectivity index (χ3v) is 2.58. The second-order valence-corrected chi connectivity index (χ2v) is 4.21. The first-order valence-corrected chi connectivity index (χ1v) is 5.34. The highest BCUT2D eigenvalue weighted by atomic mass is 79.9. The summed E-state index contributed by atoms with van der Waals surface area (Å²) in [5, 5.41) is 0. The van der Waals surface area contributed by atoms with E-state index in [9.17, 15) is 13.2 Å². The fourth-order valence-corrected chi connectivity index (χ4v) is 1.53. The van der Waals surface area contributed by atoms with Crippen molar-refractivity contribution in [2.45, 2.75) is 19.5 Å². The molecule has 0 aliphatic carbocycles. The van der Waals surface area contributed by atoms with Crippen molar-refractivity contribution >= 4 is 21.6 Å². The Kier molecular flexibility index (Phi) is 4.07. The van der Waals surface area contributed by atoms with Crippen LogP contribution in [0.1, 0.15) is 12.0 Å². The second kappa shape index (κ2) is 4.95. The van der Waals surface area contributed by atoms with Crippen LogP contribution < -0.4 is 10.5 Å². The van der Waals surface area contributed by atoms with E-state index in [0.717, 1.165) is 5.56 Å². The quantitative estimate of drug-likeness (QED) is 0.864. The van der Waals surface area contributed by atoms with E-state index >= 15 is 0 Å². The van der Waals surface area contributed by atoms with Gasteiger partial charge in [-0.3, -0.25) is 0 Å². The van der Waals surface area contributed by atoms with Gasteiger partial charge < -0.3 is 10.5 Å². The zero-order valence-electron chi connectivity index (χ0n) is 8.57. The largest absolute Gasteiger partial charge is 0.492 e. The zero-order chi connectivity index (χ0) is 12.3. The molecule has 0 heterocycles. The summed E-state index contributed by atoms with van der Waals surface area (Å²) in [6.07, 6.45) is -5.17. The van der Waals surface area contributed by atoms with Gasteiger partial charge in [-0.1, -0.05) is 0 Å². The molecule has 0 atom stereocenters. The van der Waals surface area contributed by atoms with E-state index in [0.29, 0.717) is 15.9 Å². The molecule has 6 heteroatoms. The summed E-state index contributed by atoms with van der Waals surface area (Å²) in [5.41, 5.74) is 6.96. The lowest BCUT2D eigenvalue weighted by Gasteiger charge is -2.11. The van der Waals surface area contributed by atoms with E-state index in [4.69, 9.17) is 10.5 Å².